The normalized spacial score (nSPS) is 12.3. The van der Waals surface area contributed by atoms with Gasteiger partial charge in [-0.05, 0) is 6.92 Å². The number of rotatable bonds is 4. The number of Topliss-reactive ketones (excluding diaryl/α,β-unsaturated/α-hetero) is 1. The van der Waals surface area contributed by atoms with Gasteiger partial charge in [0, 0.05) is 20.1 Å². The van der Waals surface area contributed by atoms with Gasteiger partial charge in [0.15, 0.2) is 0 Å². The Balaban J connectivity index is 3.66. The number of amides is 1. The standard InChI is InChI=1S/C7H13NO3/c1-5(4-11-3)8-7(10)6(2)9/h5H,4H2,1-3H3,(H,8,10). The zero-order chi connectivity index (χ0) is 8.85. The van der Waals surface area contributed by atoms with Crippen molar-refractivity contribution < 1.29 is 14.3 Å². The second-order valence-electron chi connectivity index (χ2n) is 2.39. The molecule has 0 bridgehead atoms. The van der Waals surface area contributed by atoms with E-state index < -0.39 is 11.7 Å². The van der Waals surface area contributed by atoms with Crippen LogP contribution in [-0.2, 0) is 14.3 Å². The third kappa shape index (κ3) is 4.50. The molecule has 0 aromatic rings. The number of ether oxygens (including phenoxy) is 1. The Morgan fingerprint density at radius 2 is 2.09 bits per heavy atom. The first-order chi connectivity index (χ1) is 5.07. The molecule has 1 unspecified atom stereocenters. The molecule has 4 heteroatoms. The lowest BCUT2D eigenvalue weighted by Crippen LogP contribution is -2.38. The molecule has 0 spiro atoms. The fourth-order valence-corrected chi connectivity index (χ4v) is 0.617. The number of ketones is 1. The van der Waals surface area contributed by atoms with Gasteiger partial charge in [-0.3, -0.25) is 9.59 Å². The molecule has 4 nitrogen and oxygen atoms in total. The fraction of sp³-hybridized carbons (Fsp3) is 0.714. The van der Waals surface area contributed by atoms with Gasteiger partial charge in [0.2, 0.25) is 5.78 Å². The maximum absolute atomic E-state index is 10.7. The monoisotopic (exact) mass is 159 g/mol. The summed E-state index contributed by atoms with van der Waals surface area (Å²) in [5.74, 6) is -1.04. The highest BCUT2D eigenvalue weighted by Crippen LogP contribution is 1.82. The molecule has 0 aromatic heterocycles. The van der Waals surface area contributed by atoms with Crippen molar-refractivity contribution >= 4 is 11.7 Å². The molecule has 0 aromatic carbocycles. The lowest BCUT2D eigenvalue weighted by molar-refractivity contribution is -0.137. The highest BCUT2D eigenvalue weighted by Gasteiger charge is 2.10. The Morgan fingerprint density at radius 3 is 2.45 bits per heavy atom. The maximum Gasteiger partial charge on any atom is 0.287 e. The van der Waals surface area contributed by atoms with Crippen LogP contribution in [0.25, 0.3) is 0 Å². The molecule has 0 aliphatic rings. The van der Waals surface area contributed by atoms with E-state index in [1.807, 2.05) is 0 Å². The van der Waals surface area contributed by atoms with Crippen molar-refractivity contribution in [3.05, 3.63) is 0 Å². The molecular formula is C7H13NO3. The Bertz CT molecular complexity index is 156. The van der Waals surface area contributed by atoms with E-state index in [2.05, 4.69) is 5.32 Å². The quantitative estimate of drug-likeness (QED) is 0.574. The van der Waals surface area contributed by atoms with Crippen LogP contribution < -0.4 is 5.32 Å². The summed E-state index contributed by atoms with van der Waals surface area (Å²) in [6.07, 6.45) is 0. The van der Waals surface area contributed by atoms with Gasteiger partial charge in [0.25, 0.3) is 5.91 Å². The van der Waals surface area contributed by atoms with Crippen LogP contribution in [0.2, 0.25) is 0 Å². The van der Waals surface area contributed by atoms with Crippen LogP contribution in [0.5, 0.6) is 0 Å². The molecule has 1 N–H and O–H groups in total. The topological polar surface area (TPSA) is 55.4 Å². The summed E-state index contributed by atoms with van der Waals surface area (Å²) >= 11 is 0. The molecule has 11 heavy (non-hydrogen) atoms. The Hall–Kier alpha value is -0.900. The van der Waals surface area contributed by atoms with Gasteiger partial charge in [0.05, 0.1) is 6.61 Å². The van der Waals surface area contributed by atoms with Gasteiger partial charge < -0.3 is 10.1 Å². The molecule has 0 saturated heterocycles. The van der Waals surface area contributed by atoms with Crippen LogP contribution in [0.1, 0.15) is 13.8 Å². The van der Waals surface area contributed by atoms with Crippen LogP contribution in [0.3, 0.4) is 0 Å². The molecule has 0 radical (unpaired) electrons. The second kappa shape index (κ2) is 4.85. The summed E-state index contributed by atoms with van der Waals surface area (Å²) in [7, 11) is 1.54. The lowest BCUT2D eigenvalue weighted by Gasteiger charge is -2.10. The second-order valence-corrected chi connectivity index (χ2v) is 2.39. The molecule has 0 rings (SSSR count). The number of hydrogen-bond acceptors (Lipinski definition) is 3. The number of hydrogen-bond donors (Lipinski definition) is 1. The van der Waals surface area contributed by atoms with Crippen molar-refractivity contribution in [1.29, 1.82) is 0 Å². The van der Waals surface area contributed by atoms with Crippen LogP contribution in [0.15, 0.2) is 0 Å². The number of nitrogens with one attached hydrogen (secondary N) is 1. The predicted octanol–water partition coefficient (Wildman–Crippen LogP) is -0.274. The highest BCUT2D eigenvalue weighted by atomic mass is 16.5. The fourth-order valence-electron chi connectivity index (χ4n) is 0.617. The average molecular weight is 159 g/mol. The minimum absolute atomic E-state index is 0.114. The van der Waals surface area contributed by atoms with E-state index in [0.717, 1.165) is 0 Å². The van der Waals surface area contributed by atoms with E-state index in [0.29, 0.717) is 6.61 Å². The van der Waals surface area contributed by atoms with Gasteiger partial charge in [0.1, 0.15) is 0 Å². The van der Waals surface area contributed by atoms with E-state index >= 15 is 0 Å². The molecular weight excluding hydrogens is 146 g/mol. The summed E-state index contributed by atoms with van der Waals surface area (Å²) in [5.41, 5.74) is 0. The SMILES string of the molecule is COCC(C)NC(=O)C(C)=O. The predicted molar refractivity (Wildman–Crippen MR) is 40.2 cm³/mol. The van der Waals surface area contributed by atoms with Crippen LogP contribution >= 0.6 is 0 Å². The zero-order valence-corrected chi connectivity index (χ0v) is 7.01. The van der Waals surface area contributed by atoms with Crippen LogP contribution in [-0.4, -0.2) is 31.4 Å². The Kier molecular flexibility index (Phi) is 4.45. The molecule has 0 saturated carbocycles. The summed E-state index contributed by atoms with van der Waals surface area (Å²) in [4.78, 5) is 21.1. The van der Waals surface area contributed by atoms with Gasteiger partial charge in [-0.1, -0.05) is 0 Å². The Labute approximate surface area is 65.9 Å². The average Bonchev–Trinajstić information content (AvgIpc) is 1.87. The van der Waals surface area contributed by atoms with E-state index in [4.69, 9.17) is 4.74 Å². The third-order valence-electron chi connectivity index (χ3n) is 1.11. The Morgan fingerprint density at radius 1 is 1.55 bits per heavy atom. The van der Waals surface area contributed by atoms with E-state index in [-0.39, 0.29) is 6.04 Å². The summed E-state index contributed by atoms with van der Waals surface area (Å²) in [6.45, 7) is 3.41. The highest BCUT2D eigenvalue weighted by molar-refractivity contribution is 6.35. The lowest BCUT2D eigenvalue weighted by atomic mass is 10.3. The van der Waals surface area contributed by atoms with E-state index in [9.17, 15) is 9.59 Å². The molecule has 0 heterocycles. The van der Waals surface area contributed by atoms with Gasteiger partial charge in [-0.15, -0.1) is 0 Å². The molecule has 0 fully saturated rings. The first-order valence-electron chi connectivity index (χ1n) is 3.38. The van der Waals surface area contributed by atoms with Crippen LogP contribution in [0.4, 0.5) is 0 Å². The summed E-state index contributed by atoms with van der Waals surface area (Å²) in [6, 6.07) is -0.114. The van der Waals surface area contributed by atoms with Crippen molar-refractivity contribution in [2.75, 3.05) is 13.7 Å². The minimum Gasteiger partial charge on any atom is -0.383 e. The summed E-state index contributed by atoms with van der Waals surface area (Å²) < 4.78 is 4.76. The molecule has 1 atom stereocenters. The first-order valence-corrected chi connectivity index (χ1v) is 3.38. The number of carbonyl (C=O) groups excluding carboxylic acids is 2. The van der Waals surface area contributed by atoms with Crippen molar-refractivity contribution in [3.63, 3.8) is 0 Å². The number of methoxy groups -OCH3 is 1. The van der Waals surface area contributed by atoms with E-state index in [1.165, 1.54) is 14.0 Å². The van der Waals surface area contributed by atoms with Crippen molar-refractivity contribution in [2.24, 2.45) is 0 Å². The smallest absolute Gasteiger partial charge is 0.287 e. The molecule has 64 valence electrons. The molecule has 1 amide bonds. The molecule has 0 aliphatic carbocycles. The van der Waals surface area contributed by atoms with Crippen molar-refractivity contribution in [1.82, 2.24) is 5.32 Å². The van der Waals surface area contributed by atoms with Gasteiger partial charge in [-0.25, -0.2) is 0 Å². The zero-order valence-electron chi connectivity index (χ0n) is 7.01. The van der Waals surface area contributed by atoms with Gasteiger partial charge >= 0.3 is 0 Å². The van der Waals surface area contributed by atoms with E-state index in [1.54, 1.807) is 6.92 Å². The maximum atomic E-state index is 10.7. The van der Waals surface area contributed by atoms with Crippen LogP contribution in [0, 0.1) is 0 Å². The third-order valence-corrected chi connectivity index (χ3v) is 1.11. The molecule has 0 aliphatic heterocycles. The van der Waals surface area contributed by atoms with Crippen molar-refractivity contribution in [2.45, 2.75) is 19.9 Å². The van der Waals surface area contributed by atoms with Gasteiger partial charge in [-0.2, -0.15) is 0 Å². The first kappa shape index (κ1) is 10.1. The summed E-state index contributed by atoms with van der Waals surface area (Å²) in [5, 5.41) is 2.47. The minimum atomic E-state index is -0.561. The number of carbonyl (C=O) groups is 2. The van der Waals surface area contributed by atoms with Crippen molar-refractivity contribution in [3.8, 4) is 0 Å². The largest absolute Gasteiger partial charge is 0.383 e.